The van der Waals surface area contributed by atoms with Gasteiger partial charge < -0.3 is 10.4 Å². The number of hydrogen-bond acceptors (Lipinski definition) is 3. The molecule has 0 aliphatic rings. The van der Waals surface area contributed by atoms with E-state index in [1.807, 2.05) is 31.2 Å². The molecule has 2 N–H and O–H groups in total. The number of carboxylic acid groups (broad SMARTS) is 1. The number of benzene rings is 1. The molecule has 1 heterocycles. The predicted octanol–water partition coefficient (Wildman–Crippen LogP) is 2.61. The third-order valence-electron chi connectivity index (χ3n) is 3.34. The number of unbranched alkanes of at least 4 members (excludes halogenated alkanes) is 1. The smallest absolute Gasteiger partial charge is 0.326 e. The fraction of sp³-hybridized carbons (Fsp3) is 0.312. The van der Waals surface area contributed by atoms with Gasteiger partial charge in [-0.25, -0.2) is 4.79 Å². The van der Waals surface area contributed by atoms with E-state index in [4.69, 9.17) is 0 Å². The molecular weight excluding hydrogens is 268 g/mol. The highest BCUT2D eigenvalue weighted by atomic mass is 16.4. The highest BCUT2D eigenvalue weighted by Gasteiger charge is 2.21. The molecular formula is C16H18N2O3. The summed E-state index contributed by atoms with van der Waals surface area (Å²) < 4.78 is 0. The quantitative estimate of drug-likeness (QED) is 0.855. The zero-order valence-corrected chi connectivity index (χ0v) is 11.9. The minimum absolute atomic E-state index is 0.260. The van der Waals surface area contributed by atoms with E-state index in [1.54, 1.807) is 12.3 Å². The molecule has 0 fully saturated rings. The van der Waals surface area contributed by atoms with Crippen LogP contribution in [0.15, 0.2) is 36.5 Å². The molecule has 0 spiro atoms. The number of hydrogen-bond donors (Lipinski definition) is 2. The topological polar surface area (TPSA) is 79.3 Å². The van der Waals surface area contributed by atoms with Crippen molar-refractivity contribution < 1.29 is 14.7 Å². The average molecular weight is 286 g/mol. The van der Waals surface area contributed by atoms with Crippen LogP contribution in [0.1, 0.15) is 36.7 Å². The molecule has 1 atom stereocenters. The summed E-state index contributed by atoms with van der Waals surface area (Å²) in [6.45, 7) is 1.98. The monoisotopic (exact) mass is 286 g/mol. The molecule has 110 valence electrons. The lowest BCUT2D eigenvalue weighted by molar-refractivity contribution is -0.139. The summed E-state index contributed by atoms with van der Waals surface area (Å²) in [5, 5.41) is 13.4. The summed E-state index contributed by atoms with van der Waals surface area (Å²) in [7, 11) is 0. The predicted molar refractivity (Wildman–Crippen MR) is 80.2 cm³/mol. The van der Waals surface area contributed by atoms with Crippen LogP contribution in [0.2, 0.25) is 0 Å². The highest BCUT2D eigenvalue weighted by Crippen LogP contribution is 2.16. The molecule has 5 nitrogen and oxygen atoms in total. The fourth-order valence-electron chi connectivity index (χ4n) is 2.19. The van der Waals surface area contributed by atoms with Gasteiger partial charge in [0.2, 0.25) is 0 Å². The largest absolute Gasteiger partial charge is 0.480 e. The van der Waals surface area contributed by atoms with Gasteiger partial charge in [0.05, 0.1) is 0 Å². The van der Waals surface area contributed by atoms with E-state index in [9.17, 15) is 14.7 Å². The van der Waals surface area contributed by atoms with Crippen molar-refractivity contribution in [2.75, 3.05) is 0 Å². The first kappa shape index (κ1) is 15.0. The number of nitrogens with one attached hydrogen (secondary N) is 1. The summed E-state index contributed by atoms with van der Waals surface area (Å²) in [6, 6.07) is 8.34. The number of amides is 1. The Kier molecular flexibility index (Phi) is 4.87. The number of fused-ring (bicyclic) bond motifs is 1. The average Bonchev–Trinajstić information content (AvgIpc) is 2.50. The standard InChI is InChI=1S/C16H18N2O3/c1-2-3-8-13(16(20)21)18-15(19)14-12-7-5-4-6-11(12)9-10-17-14/h4-7,9-10,13H,2-3,8H2,1H3,(H,18,19)(H,20,21). The molecule has 0 aliphatic carbocycles. The summed E-state index contributed by atoms with van der Waals surface area (Å²) in [4.78, 5) is 27.6. The second-order valence-corrected chi connectivity index (χ2v) is 4.89. The number of aromatic nitrogens is 1. The Morgan fingerprint density at radius 3 is 2.76 bits per heavy atom. The fourth-order valence-corrected chi connectivity index (χ4v) is 2.19. The van der Waals surface area contributed by atoms with Crippen LogP contribution in [0.4, 0.5) is 0 Å². The Hall–Kier alpha value is -2.43. The van der Waals surface area contributed by atoms with Gasteiger partial charge in [0.15, 0.2) is 0 Å². The lowest BCUT2D eigenvalue weighted by Gasteiger charge is -2.14. The van der Waals surface area contributed by atoms with Crippen molar-refractivity contribution in [2.24, 2.45) is 0 Å². The van der Waals surface area contributed by atoms with Gasteiger partial charge in [-0.3, -0.25) is 9.78 Å². The summed E-state index contributed by atoms with van der Waals surface area (Å²) in [5.74, 6) is -1.47. The van der Waals surface area contributed by atoms with Crippen LogP contribution >= 0.6 is 0 Å². The van der Waals surface area contributed by atoms with Crippen LogP contribution in [-0.4, -0.2) is 28.0 Å². The van der Waals surface area contributed by atoms with Crippen molar-refractivity contribution in [3.63, 3.8) is 0 Å². The summed E-state index contributed by atoms with van der Waals surface area (Å²) >= 11 is 0. The number of carbonyl (C=O) groups excluding carboxylic acids is 1. The maximum absolute atomic E-state index is 12.3. The minimum Gasteiger partial charge on any atom is -0.480 e. The molecule has 0 aliphatic heterocycles. The van der Waals surface area contributed by atoms with Crippen molar-refractivity contribution >= 4 is 22.6 Å². The summed E-state index contributed by atoms with van der Waals surface area (Å²) in [6.07, 6.45) is 3.60. The Morgan fingerprint density at radius 1 is 1.29 bits per heavy atom. The van der Waals surface area contributed by atoms with Crippen LogP contribution < -0.4 is 5.32 Å². The Bertz CT molecular complexity index is 650. The van der Waals surface area contributed by atoms with Gasteiger partial charge in [-0.05, 0) is 17.9 Å². The minimum atomic E-state index is -1.02. The molecule has 2 aromatic rings. The molecule has 0 saturated heterocycles. The van der Waals surface area contributed by atoms with E-state index in [-0.39, 0.29) is 5.69 Å². The van der Waals surface area contributed by atoms with E-state index in [2.05, 4.69) is 10.3 Å². The Labute approximate surface area is 123 Å². The first-order chi connectivity index (χ1) is 10.1. The number of pyridine rings is 1. The van der Waals surface area contributed by atoms with Crippen LogP contribution in [0.25, 0.3) is 10.8 Å². The van der Waals surface area contributed by atoms with Gasteiger partial charge >= 0.3 is 5.97 Å². The van der Waals surface area contributed by atoms with E-state index < -0.39 is 17.9 Å². The third-order valence-corrected chi connectivity index (χ3v) is 3.34. The molecule has 21 heavy (non-hydrogen) atoms. The van der Waals surface area contributed by atoms with Gasteiger partial charge in [-0.1, -0.05) is 44.0 Å². The third kappa shape index (κ3) is 3.56. The first-order valence-corrected chi connectivity index (χ1v) is 7.01. The Morgan fingerprint density at radius 2 is 2.05 bits per heavy atom. The second-order valence-electron chi connectivity index (χ2n) is 4.89. The molecule has 1 amide bonds. The maximum Gasteiger partial charge on any atom is 0.326 e. The van der Waals surface area contributed by atoms with Crippen molar-refractivity contribution in [1.82, 2.24) is 10.3 Å². The maximum atomic E-state index is 12.3. The van der Waals surface area contributed by atoms with E-state index in [0.29, 0.717) is 6.42 Å². The molecule has 1 aromatic heterocycles. The first-order valence-electron chi connectivity index (χ1n) is 7.01. The van der Waals surface area contributed by atoms with Crippen molar-refractivity contribution in [2.45, 2.75) is 32.2 Å². The van der Waals surface area contributed by atoms with E-state index in [1.165, 1.54) is 0 Å². The van der Waals surface area contributed by atoms with E-state index in [0.717, 1.165) is 23.6 Å². The van der Waals surface area contributed by atoms with Gasteiger partial charge in [-0.15, -0.1) is 0 Å². The van der Waals surface area contributed by atoms with Crippen LogP contribution in [0.5, 0.6) is 0 Å². The Balaban J connectivity index is 2.23. The van der Waals surface area contributed by atoms with Crippen LogP contribution in [-0.2, 0) is 4.79 Å². The second kappa shape index (κ2) is 6.83. The molecule has 2 rings (SSSR count). The lowest BCUT2D eigenvalue weighted by atomic mass is 10.1. The molecule has 1 aromatic carbocycles. The number of carbonyl (C=O) groups is 2. The number of rotatable bonds is 6. The van der Waals surface area contributed by atoms with Crippen molar-refractivity contribution in [3.8, 4) is 0 Å². The van der Waals surface area contributed by atoms with Crippen LogP contribution in [0, 0.1) is 0 Å². The zero-order chi connectivity index (χ0) is 15.2. The van der Waals surface area contributed by atoms with Gasteiger partial charge in [0.1, 0.15) is 11.7 Å². The van der Waals surface area contributed by atoms with Gasteiger partial charge in [0.25, 0.3) is 5.91 Å². The van der Waals surface area contributed by atoms with Crippen molar-refractivity contribution in [3.05, 3.63) is 42.2 Å². The molecule has 0 radical (unpaired) electrons. The number of nitrogens with zero attached hydrogens (tertiary/aromatic N) is 1. The molecule has 1 unspecified atom stereocenters. The van der Waals surface area contributed by atoms with Crippen molar-refractivity contribution in [1.29, 1.82) is 0 Å². The van der Waals surface area contributed by atoms with Gasteiger partial charge in [-0.2, -0.15) is 0 Å². The SMILES string of the molecule is CCCCC(NC(=O)c1nccc2ccccc12)C(=O)O. The molecule has 0 saturated carbocycles. The lowest BCUT2D eigenvalue weighted by Crippen LogP contribution is -2.41. The highest BCUT2D eigenvalue weighted by molar-refractivity contribution is 6.06. The van der Waals surface area contributed by atoms with E-state index >= 15 is 0 Å². The number of aliphatic carboxylic acids is 1. The van der Waals surface area contributed by atoms with Gasteiger partial charge in [0, 0.05) is 11.6 Å². The normalized spacial score (nSPS) is 12.0. The number of carboxylic acids is 1. The van der Waals surface area contributed by atoms with Crippen LogP contribution in [0.3, 0.4) is 0 Å². The molecule has 0 bridgehead atoms. The summed E-state index contributed by atoms with van der Waals surface area (Å²) in [5.41, 5.74) is 0.260. The zero-order valence-electron chi connectivity index (χ0n) is 11.9. The molecule has 5 heteroatoms.